The molecule has 0 aliphatic carbocycles. The first-order valence-electron chi connectivity index (χ1n) is 9.21. The van der Waals surface area contributed by atoms with Crippen LogP contribution in [-0.4, -0.2) is 27.9 Å². The van der Waals surface area contributed by atoms with Gasteiger partial charge in [0.2, 0.25) is 0 Å². The van der Waals surface area contributed by atoms with Crippen LogP contribution in [0, 0.1) is 0 Å². The summed E-state index contributed by atoms with van der Waals surface area (Å²) in [6.45, 7) is 2.73. The number of halogens is 1. The number of carbonyl (C=O) groups is 1. The van der Waals surface area contributed by atoms with E-state index in [0.29, 0.717) is 17.6 Å². The second-order valence-electron chi connectivity index (χ2n) is 6.72. The smallest absolute Gasteiger partial charge is 0.307 e. The van der Waals surface area contributed by atoms with Gasteiger partial charge in [-0.25, -0.2) is 4.79 Å². The van der Waals surface area contributed by atoms with E-state index in [1.165, 1.54) is 4.57 Å². The van der Waals surface area contributed by atoms with Crippen molar-refractivity contribution < 1.29 is 4.79 Å². The topological polar surface area (TPSA) is 66.9 Å². The fraction of sp³-hybridized carbons (Fsp3) is 0.333. The van der Waals surface area contributed by atoms with Crippen molar-refractivity contribution in [2.24, 2.45) is 7.05 Å². The summed E-state index contributed by atoms with van der Waals surface area (Å²) in [5.41, 5.74) is 2.96. The molecule has 0 radical (unpaired) electrons. The summed E-state index contributed by atoms with van der Waals surface area (Å²) in [6.07, 6.45) is 2.42. The van der Waals surface area contributed by atoms with Gasteiger partial charge in [-0.2, -0.15) is 0 Å². The van der Waals surface area contributed by atoms with Crippen molar-refractivity contribution in [3.63, 3.8) is 0 Å². The number of ketones is 1. The molecule has 0 bridgehead atoms. The normalized spacial score (nSPS) is 12.4. The molecule has 2 N–H and O–H groups in total. The largest absolute Gasteiger partial charge is 0.326 e. The van der Waals surface area contributed by atoms with Gasteiger partial charge in [0.1, 0.15) is 0 Å². The Hall–Kier alpha value is -2.37. The Bertz CT molecular complexity index is 1010. The van der Waals surface area contributed by atoms with Crippen molar-refractivity contribution in [1.82, 2.24) is 14.9 Å². The average molecular weight is 386 g/mol. The summed E-state index contributed by atoms with van der Waals surface area (Å²) < 4.78 is 1.54. The van der Waals surface area contributed by atoms with Gasteiger partial charge in [0.15, 0.2) is 5.78 Å². The molecule has 0 amide bonds. The Balaban J connectivity index is 1.73. The maximum absolute atomic E-state index is 13.0. The zero-order chi connectivity index (χ0) is 19.4. The van der Waals surface area contributed by atoms with Crippen molar-refractivity contribution in [2.45, 2.75) is 32.2 Å². The highest BCUT2D eigenvalue weighted by Crippen LogP contribution is 2.17. The molecule has 3 aromatic rings. The zero-order valence-electron chi connectivity index (χ0n) is 15.6. The summed E-state index contributed by atoms with van der Waals surface area (Å²) in [5, 5.41) is 4.12. The number of Topliss-reactive ketones (excluding diaryl/α,β-unsaturated/α-hetero) is 1. The van der Waals surface area contributed by atoms with Gasteiger partial charge < -0.3 is 10.3 Å². The van der Waals surface area contributed by atoms with E-state index < -0.39 is 0 Å². The van der Waals surface area contributed by atoms with Crippen LogP contribution in [0.25, 0.3) is 11.0 Å². The third kappa shape index (κ3) is 4.31. The molecule has 1 atom stereocenters. The van der Waals surface area contributed by atoms with Crippen LogP contribution in [0.3, 0.4) is 0 Å². The van der Waals surface area contributed by atoms with Crippen molar-refractivity contribution in [3.8, 4) is 0 Å². The molecule has 0 saturated carbocycles. The second-order valence-corrected chi connectivity index (χ2v) is 7.13. The number of imidazole rings is 1. The molecule has 1 heterocycles. The molecular weight excluding hydrogens is 362 g/mol. The summed E-state index contributed by atoms with van der Waals surface area (Å²) in [6, 6.07) is 12.9. The van der Waals surface area contributed by atoms with Gasteiger partial charge in [0.25, 0.3) is 0 Å². The predicted octanol–water partition coefficient (Wildman–Crippen LogP) is 3.70. The fourth-order valence-corrected chi connectivity index (χ4v) is 3.52. The van der Waals surface area contributed by atoms with E-state index in [0.717, 1.165) is 35.4 Å². The minimum Gasteiger partial charge on any atom is -0.307 e. The molecule has 0 aliphatic rings. The Kier molecular flexibility index (Phi) is 6.14. The minimum absolute atomic E-state index is 0.0441. The van der Waals surface area contributed by atoms with E-state index in [4.69, 9.17) is 11.6 Å². The summed E-state index contributed by atoms with van der Waals surface area (Å²) in [5.74, 6) is 0.0441. The van der Waals surface area contributed by atoms with Crippen LogP contribution in [0.1, 0.15) is 35.7 Å². The van der Waals surface area contributed by atoms with Gasteiger partial charge >= 0.3 is 5.69 Å². The predicted molar refractivity (Wildman–Crippen MR) is 110 cm³/mol. The number of rotatable bonds is 8. The summed E-state index contributed by atoms with van der Waals surface area (Å²) >= 11 is 6.20. The van der Waals surface area contributed by atoms with Crippen LogP contribution in [-0.2, 0) is 13.5 Å². The lowest BCUT2D eigenvalue weighted by atomic mass is 9.99. The second kappa shape index (κ2) is 8.55. The number of nitrogens with one attached hydrogen (secondary N) is 2. The lowest BCUT2D eigenvalue weighted by Gasteiger charge is -2.17. The standard InChI is InChI=1S/C21H24ClN3O2/c1-3-6-17(23-12-11-14-7-4-5-8-16(14)22)20(26)15-9-10-19-18(13-15)24-21(27)25(19)2/h4-5,7-10,13,17,23H,3,6,11-12H2,1-2H3,(H,24,27)/t17-/m0/s1. The molecule has 5 nitrogen and oxygen atoms in total. The molecule has 0 spiro atoms. The van der Waals surface area contributed by atoms with E-state index >= 15 is 0 Å². The van der Waals surface area contributed by atoms with Gasteiger partial charge in [-0.05, 0) is 49.2 Å². The van der Waals surface area contributed by atoms with Crippen LogP contribution in [0.15, 0.2) is 47.3 Å². The molecule has 0 saturated heterocycles. The molecule has 27 heavy (non-hydrogen) atoms. The van der Waals surface area contributed by atoms with Crippen molar-refractivity contribution in [3.05, 3.63) is 69.1 Å². The van der Waals surface area contributed by atoms with Crippen LogP contribution < -0.4 is 11.0 Å². The highest BCUT2D eigenvalue weighted by molar-refractivity contribution is 6.31. The fourth-order valence-electron chi connectivity index (χ4n) is 3.29. The van der Waals surface area contributed by atoms with Crippen molar-refractivity contribution >= 4 is 28.4 Å². The lowest BCUT2D eigenvalue weighted by molar-refractivity contribution is 0.0938. The van der Waals surface area contributed by atoms with Crippen molar-refractivity contribution in [1.29, 1.82) is 0 Å². The van der Waals surface area contributed by atoms with Crippen LogP contribution >= 0.6 is 11.6 Å². The SMILES string of the molecule is CCC[C@H](NCCc1ccccc1Cl)C(=O)c1ccc2c(c1)[nH]c(=O)n2C. The molecule has 142 valence electrons. The minimum atomic E-state index is -0.259. The molecule has 0 unspecified atom stereocenters. The number of hydrogen-bond donors (Lipinski definition) is 2. The Morgan fingerprint density at radius 1 is 1.26 bits per heavy atom. The van der Waals surface area contributed by atoms with Gasteiger partial charge in [-0.1, -0.05) is 43.1 Å². The van der Waals surface area contributed by atoms with E-state index in [-0.39, 0.29) is 17.5 Å². The van der Waals surface area contributed by atoms with Crippen LogP contribution in [0.4, 0.5) is 0 Å². The van der Waals surface area contributed by atoms with Gasteiger partial charge in [0.05, 0.1) is 17.1 Å². The number of aromatic nitrogens is 2. The van der Waals surface area contributed by atoms with E-state index in [1.807, 2.05) is 30.3 Å². The van der Waals surface area contributed by atoms with Gasteiger partial charge in [-0.3, -0.25) is 9.36 Å². The van der Waals surface area contributed by atoms with E-state index in [1.54, 1.807) is 19.2 Å². The third-order valence-electron chi connectivity index (χ3n) is 4.83. The first-order valence-corrected chi connectivity index (χ1v) is 9.58. The van der Waals surface area contributed by atoms with Gasteiger partial charge in [0, 0.05) is 17.6 Å². The zero-order valence-corrected chi connectivity index (χ0v) is 16.3. The van der Waals surface area contributed by atoms with Gasteiger partial charge in [-0.15, -0.1) is 0 Å². The third-order valence-corrected chi connectivity index (χ3v) is 5.19. The van der Waals surface area contributed by atoms with E-state index in [2.05, 4.69) is 17.2 Å². The molecule has 0 fully saturated rings. The van der Waals surface area contributed by atoms with Crippen LogP contribution in [0.2, 0.25) is 5.02 Å². The number of aryl methyl sites for hydroxylation is 1. The number of fused-ring (bicyclic) bond motifs is 1. The molecule has 3 rings (SSSR count). The average Bonchev–Trinajstić information content (AvgIpc) is 2.95. The van der Waals surface area contributed by atoms with E-state index in [9.17, 15) is 9.59 Å². The Labute approximate surface area is 163 Å². The number of aromatic amines is 1. The molecule has 0 aliphatic heterocycles. The number of carbonyl (C=O) groups excluding carboxylic acids is 1. The number of benzene rings is 2. The highest BCUT2D eigenvalue weighted by Gasteiger charge is 2.19. The first kappa shape index (κ1) is 19.4. The number of hydrogen-bond acceptors (Lipinski definition) is 3. The van der Waals surface area contributed by atoms with Crippen LogP contribution in [0.5, 0.6) is 0 Å². The summed E-state index contributed by atoms with van der Waals surface area (Å²) in [7, 11) is 1.71. The maximum Gasteiger partial charge on any atom is 0.326 e. The lowest BCUT2D eigenvalue weighted by Crippen LogP contribution is -2.38. The Morgan fingerprint density at radius 3 is 2.78 bits per heavy atom. The monoisotopic (exact) mass is 385 g/mol. The molecular formula is C21H24ClN3O2. The van der Waals surface area contributed by atoms with Crippen molar-refractivity contribution in [2.75, 3.05) is 6.54 Å². The first-order chi connectivity index (χ1) is 13.0. The number of nitrogens with zero attached hydrogens (tertiary/aromatic N) is 1. The number of H-pyrrole nitrogens is 1. The molecule has 1 aromatic heterocycles. The molecule has 6 heteroatoms. The summed E-state index contributed by atoms with van der Waals surface area (Å²) in [4.78, 5) is 27.5. The molecule has 2 aromatic carbocycles. The maximum atomic E-state index is 13.0. The Morgan fingerprint density at radius 2 is 2.04 bits per heavy atom. The highest BCUT2D eigenvalue weighted by atomic mass is 35.5. The quantitative estimate of drug-likeness (QED) is 0.581.